The van der Waals surface area contributed by atoms with Crippen LogP contribution < -0.4 is 10.6 Å². The molecule has 3 nitrogen and oxygen atoms in total. The van der Waals surface area contributed by atoms with Gasteiger partial charge in [0.05, 0.1) is 0 Å². The molecule has 0 aromatic rings. The number of nitrogens with one attached hydrogen (secondary N) is 2. The van der Waals surface area contributed by atoms with Crippen molar-refractivity contribution in [1.82, 2.24) is 10.6 Å². The fourth-order valence-corrected chi connectivity index (χ4v) is 2.81. The van der Waals surface area contributed by atoms with E-state index in [4.69, 9.17) is 0 Å². The number of hydrogen-bond donors (Lipinski definition) is 3. The van der Waals surface area contributed by atoms with Crippen LogP contribution in [-0.2, 0) is 0 Å². The molecule has 0 aromatic carbocycles. The molecular formula is C6H12N2OS. The summed E-state index contributed by atoms with van der Waals surface area (Å²) in [6.45, 7) is 0.696. The first-order valence-electron chi connectivity index (χ1n) is 3.61. The maximum absolute atomic E-state index is 9.17. The lowest BCUT2D eigenvalue weighted by Gasteiger charge is -2.30. The highest BCUT2D eigenvalue weighted by molar-refractivity contribution is 7.99. The summed E-state index contributed by atoms with van der Waals surface area (Å²) >= 11 is 1.95. The van der Waals surface area contributed by atoms with E-state index in [9.17, 15) is 5.11 Å². The minimum Gasteiger partial charge on any atom is -0.377 e. The molecule has 3 atom stereocenters. The number of hydrogen-bond acceptors (Lipinski definition) is 4. The van der Waals surface area contributed by atoms with Gasteiger partial charge >= 0.3 is 0 Å². The molecule has 0 aromatic heterocycles. The number of β-amino-alcohol motifs (C(OH)–C–C–N with tert-alkyl or cyclic N) is 1. The molecule has 2 aliphatic rings. The SMILES string of the molecule is OC1CNC2CSCC2N1. The molecule has 3 unspecified atom stereocenters. The Kier molecular flexibility index (Phi) is 1.86. The van der Waals surface area contributed by atoms with Gasteiger partial charge in [-0.1, -0.05) is 0 Å². The second-order valence-electron chi connectivity index (χ2n) is 2.84. The number of fused-ring (bicyclic) bond motifs is 1. The molecule has 0 aliphatic carbocycles. The van der Waals surface area contributed by atoms with Crippen molar-refractivity contribution in [2.45, 2.75) is 18.3 Å². The first-order chi connectivity index (χ1) is 4.86. The van der Waals surface area contributed by atoms with Gasteiger partial charge in [-0.25, -0.2) is 0 Å². The van der Waals surface area contributed by atoms with E-state index < -0.39 is 0 Å². The van der Waals surface area contributed by atoms with Crippen LogP contribution >= 0.6 is 11.8 Å². The second kappa shape index (κ2) is 2.70. The van der Waals surface area contributed by atoms with Gasteiger partial charge in [-0.2, -0.15) is 11.8 Å². The van der Waals surface area contributed by atoms with Gasteiger partial charge in [-0.05, 0) is 0 Å². The number of piperazine rings is 1. The topological polar surface area (TPSA) is 44.3 Å². The Morgan fingerprint density at radius 2 is 2.10 bits per heavy atom. The third kappa shape index (κ3) is 1.16. The second-order valence-corrected chi connectivity index (χ2v) is 3.92. The maximum atomic E-state index is 9.17. The summed E-state index contributed by atoms with van der Waals surface area (Å²) in [5.74, 6) is 2.32. The summed E-state index contributed by atoms with van der Waals surface area (Å²) in [5.41, 5.74) is 0. The Bertz CT molecular complexity index is 133. The summed E-state index contributed by atoms with van der Waals surface area (Å²) in [7, 11) is 0. The van der Waals surface area contributed by atoms with Gasteiger partial charge in [-0.15, -0.1) is 0 Å². The van der Waals surface area contributed by atoms with E-state index in [0.29, 0.717) is 18.6 Å². The van der Waals surface area contributed by atoms with E-state index in [2.05, 4.69) is 10.6 Å². The van der Waals surface area contributed by atoms with E-state index in [0.717, 1.165) is 5.75 Å². The molecule has 58 valence electrons. The number of aliphatic hydroxyl groups excluding tert-OH is 1. The normalized spacial score (nSPS) is 47.1. The molecular weight excluding hydrogens is 148 g/mol. The van der Waals surface area contributed by atoms with E-state index in [1.54, 1.807) is 0 Å². The smallest absolute Gasteiger partial charge is 0.117 e. The van der Waals surface area contributed by atoms with Crippen LogP contribution in [0, 0.1) is 0 Å². The van der Waals surface area contributed by atoms with Gasteiger partial charge in [0, 0.05) is 30.1 Å². The van der Waals surface area contributed by atoms with Crippen molar-refractivity contribution in [3.8, 4) is 0 Å². The van der Waals surface area contributed by atoms with Crippen LogP contribution in [0.1, 0.15) is 0 Å². The zero-order valence-corrected chi connectivity index (χ0v) is 6.53. The third-order valence-electron chi connectivity index (χ3n) is 2.06. The summed E-state index contributed by atoms with van der Waals surface area (Å²) in [5, 5.41) is 15.6. The molecule has 0 amide bonds. The average molecular weight is 160 g/mol. The Labute approximate surface area is 64.6 Å². The molecule has 2 heterocycles. The van der Waals surface area contributed by atoms with Gasteiger partial charge in [0.25, 0.3) is 0 Å². The molecule has 2 saturated heterocycles. The summed E-state index contributed by atoms with van der Waals surface area (Å²) in [6.07, 6.45) is -0.333. The Balaban J connectivity index is 1.96. The van der Waals surface area contributed by atoms with Crippen LogP contribution in [0.3, 0.4) is 0 Å². The van der Waals surface area contributed by atoms with Crippen molar-refractivity contribution in [2.24, 2.45) is 0 Å². The third-order valence-corrected chi connectivity index (χ3v) is 3.25. The predicted octanol–water partition coefficient (Wildman–Crippen LogP) is -1.02. The maximum Gasteiger partial charge on any atom is 0.117 e. The van der Waals surface area contributed by atoms with Crippen molar-refractivity contribution in [3.63, 3.8) is 0 Å². The molecule has 10 heavy (non-hydrogen) atoms. The summed E-state index contributed by atoms with van der Waals surface area (Å²) in [6, 6.07) is 1.09. The number of thioether (sulfide) groups is 1. The summed E-state index contributed by atoms with van der Waals surface area (Å²) < 4.78 is 0. The summed E-state index contributed by atoms with van der Waals surface area (Å²) in [4.78, 5) is 0. The lowest BCUT2D eigenvalue weighted by atomic mass is 10.1. The fourth-order valence-electron chi connectivity index (χ4n) is 1.49. The van der Waals surface area contributed by atoms with Gasteiger partial charge in [0.2, 0.25) is 0 Å². The minimum atomic E-state index is -0.333. The van der Waals surface area contributed by atoms with E-state index in [-0.39, 0.29) is 6.23 Å². The Hall–Kier alpha value is 0.230. The lowest BCUT2D eigenvalue weighted by Crippen LogP contribution is -2.60. The molecule has 0 bridgehead atoms. The van der Waals surface area contributed by atoms with Gasteiger partial charge < -0.3 is 10.4 Å². The van der Waals surface area contributed by atoms with Crippen LogP contribution in [0.5, 0.6) is 0 Å². The zero-order chi connectivity index (χ0) is 6.97. The van der Waals surface area contributed by atoms with Crippen molar-refractivity contribution in [2.75, 3.05) is 18.1 Å². The quantitative estimate of drug-likeness (QED) is 0.424. The predicted molar refractivity (Wildman–Crippen MR) is 42.0 cm³/mol. The van der Waals surface area contributed by atoms with E-state index in [1.807, 2.05) is 11.8 Å². The van der Waals surface area contributed by atoms with Crippen molar-refractivity contribution in [3.05, 3.63) is 0 Å². The van der Waals surface area contributed by atoms with Crippen LogP contribution in [0.15, 0.2) is 0 Å². The molecule has 0 spiro atoms. The van der Waals surface area contributed by atoms with Crippen molar-refractivity contribution >= 4 is 11.8 Å². The van der Waals surface area contributed by atoms with Crippen molar-refractivity contribution in [1.29, 1.82) is 0 Å². The number of aliphatic hydroxyl groups is 1. The standard InChI is InChI=1S/C6H12N2OS/c9-6-1-7-4-2-10-3-5(4)8-6/h4-9H,1-3H2. The monoisotopic (exact) mass is 160 g/mol. The molecule has 2 fully saturated rings. The van der Waals surface area contributed by atoms with Crippen LogP contribution in [0.4, 0.5) is 0 Å². The van der Waals surface area contributed by atoms with E-state index in [1.165, 1.54) is 5.75 Å². The molecule has 3 N–H and O–H groups in total. The molecule has 2 aliphatic heterocycles. The zero-order valence-electron chi connectivity index (χ0n) is 5.71. The molecule has 2 rings (SSSR count). The van der Waals surface area contributed by atoms with Crippen molar-refractivity contribution < 1.29 is 5.11 Å². The fraction of sp³-hybridized carbons (Fsp3) is 1.00. The highest BCUT2D eigenvalue weighted by Gasteiger charge is 2.32. The Morgan fingerprint density at radius 1 is 1.30 bits per heavy atom. The van der Waals surface area contributed by atoms with Gasteiger partial charge in [-0.3, -0.25) is 5.32 Å². The lowest BCUT2D eigenvalue weighted by molar-refractivity contribution is 0.0905. The molecule has 0 radical (unpaired) electrons. The highest BCUT2D eigenvalue weighted by Crippen LogP contribution is 2.20. The van der Waals surface area contributed by atoms with Gasteiger partial charge in [0.1, 0.15) is 6.23 Å². The first-order valence-corrected chi connectivity index (χ1v) is 4.77. The first kappa shape index (κ1) is 6.91. The average Bonchev–Trinajstić information content (AvgIpc) is 2.33. The van der Waals surface area contributed by atoms with E-state index >= 15 is 0 Å². The van der Waals surface area contributed by atoms with Crippen LogP contribution in [0.2, 0.25) is 0 Å². The number of rotatable bonds is 0. The van der Waals surface area contributed by atoms with Crippen LogP contribution in [-0.4, -0.2) is 41.5 Å². The largest absolute Gasteiger partial charge is 0.377 e. The molecule has 0 saturated carbocycles. The highest BCUT2D eigenvalue weighted by atomic mass is 32.2. The Morgan fingerprint density at radius 3 is 3.00 bits per heavy atom. The minimum absolute atomic E-state index is 0.333. The molecule has 4 heteroatoms. The van der Waals surface area contributed by atoms with Gasteiger partial charge in [0.15, 0.2) is 0 Å². The van der Waals surface area contributed by atoms with Crippen LogP contribution in [0.25, 0.3) is 0 Å².